The molecule has 0 atom stereocenters. The Bertz CT molecular complexity index is 566. The van der Waals surface area contributed by atoms with E-state index < -0.39 is 11.9 Å². The van der Waals surface area contributed by atoms with Crippen molar-refractivity contribution in [3.63, 3.8) is 0 Å². The number of carboxylic acids is 2. The van der Waals surface area contributed by atoms with Crippen molar-refractivity contribution in [1.82, 2.24) is 9.80 Å². The molecule has 0 bridgehead atoms. The zero-order valence-electron chi connectivity index (χ0n) is 25.6. The monoisotopic (exact) mass is 742 g/mol. The van der Waals surface area contributed by atoms with Crippen molar-refractivity contribution in [3.05, 3.63) is 0 Å². The molecule has 0 saturated heterocycles. The molecule has 0 N–H and O–H groups in total. The smallest absolute Gasteiger partial charge is 0.548 e. The first-order chi connectivity index (χ1) is 18.1. The quantitative estimate of drug-likeness (QED) is 0.108. The molecule has 0 saturated carbocycles. The molecule has 0 aliphatic rings. The topological polar surface area (TPSA) is 121 Å². The molecule has 0 spiro atoms. The molecule has 9 heteroatoms. The van der Waals surface area contributed by atoms with Crippen LogP contribution in [0.15, 0.2) is 0 Å². The molecular formula is C30H56HgN2O6. The minimum Gasteiger partial charge on any atom is -0.548 e. The van der Waals surface area contributed by atoms with E-state index in [4.69, 9.17) is 0 Å². The van der Waals surface area contributed by atoms with Gasteiger partial charge in [0.15, 0.2) is 0 Å². The van der Waals surface area contributed by atoms with E-state index in [0.29, 0.717) is 12.8 Å². The molecule has 0 radical (unpaired) electrons. The van der Waals surface area contributed by atoms with Crippen LogP contribution in [0.5, 0.6) is 0 Å². The van der Waals surface area contributed by atoms with Crippen LogP contribution in [0.25, 0.3) is 0 Å². The number of hydrogen-bond acceptors (Lipinski definition) is 6. The largest absolute Gasteiger partial charge is 2.00 e. The first-order valence-electron chi connectivity index (χ1n) is 15.0. The van der Waals surface area contributed by atoms with Gasteiger partial charge in [0.2, 0.25) is 11.8 Å². The number of carbonyl (C=O) groups excluding carboxylic acids is 4. The number of unbranched alkanes of at least 4 members (excludes halogenated alkanes) is 16. The number of rotatable bonds is 24. The number of aliphatic carboxylic acids is 2. The summed E-state index contributed by atoms with van der Waals surface area (Å²) in [5.41, 5.74) is 0. The Morgan fingerprint density at radius 2 is 0.692 bits per heavy atom. The Morgan fingerprint density at radius 1 is 0.462 bits per heavy atom. The third-order valence-electron chi connectivity index (χ3n) is 6.57. The fourth-order valence-corrected chi connectivity index (χ4v) is 4.12. The molecule has 0 fully saturated rings. The van der Waals surface area contributed by atoms with Gasteiger partial charge in [0.05, 0.1) is 25.0 Å². The van der Waals surface area contributed by atoms with E-state index >= 15 is 0 Å². The van der Waals surface area contributed by atoms with Crippen LogP contribution in [0.3, 0.4) is 0 Å². The van der Waals surface area contributed by atoms with Crippen molar-refractivity contribution in [2.75, 3.05) is 27.2 Å². The first kappa shape index (κ1) is 42.3. The van der Waals surface area contributed by atoms with E-state index in [1.54, 1.807) is 0 Å². The number of hydrogen-bond donors (Lipinski definition) is 0. The van der Waals surface area contributed by atoms with Gasteiger partial charge in [-0.1, -0.05) is 117 Å². The fourth-order valence-electron chi connectivity index (χ4n) is 4.12. The van der Waals surface area contributed by atoms with Gasteiger partial charge in [-0.25, -0.2) is 0 Å². The van der Waals surface area contributed by atoms with Gasteiger partial charge in [-0.2, -0.15) is 0 Å². The molecule has 0 aromatic heterocycles. The number of carbonyl (C=O) groups is 4. The van der Waals surface area contributed by atoms with E-state index in [1.807, 2.05) is 0 Å². The SMILES string of the molecule is CCCCCCCCCCCC(=O)N(C)CC(=O)[O-].CCCCCCCCCCCC(=O)N(C)CC(=O)[O-].[Hg+2]. The summed E-state index contributed by atoms with van der Waals surface area (Å²) in [6.45, 7) is 3.81. The average Bonchev–Trinajstić information content (AvgIpc) is 2.86. The molecule has 2 amide bonds. The minimum atomic E-state index is -1.21. The second kappa shape index (κ2) is 31.3. The van der Waals surface area contributed by atoms with Crippen molar-refractivity contribution in [1.29, 1.82) is 0 Å². The Morgan fingerprint density at radius 3 is 0.923 bits per heavy atom. The summed E-state index contributed by atoms with van der Waals surface area (Å²) in [6.07, 6.45) is 22.6. The predicted octanol–water partition coefficient (Wildman–Crippen LogP) is 4.23. The van der Waals surface area contributed by atoms with Crippen molar-refractivity contribution < 1.29 is 57.1 Å². The van der Waals surface area contributed by atoms with Crippen molar-refractivity contribution in [3.8, 4) is 0 Å². The van der Waals surface area contributed by atoms with Gasteiger partial charge in [-0.3, -0.25) is 9.59 Å². The maximum atomic E-state index is 11.5. The average molecular weight is 741 g/mol. The van der Waals surface area contributed by atoms with Crippen molar-refractivity contribution >= 4 is 23.8 Å². The van der Waals surface area contributed by atoms with Crippen molar-refractivity contribution in [2.24, 2.45) is 0 Å². The van der Waals surface area contributed by atoms with Gasteiger partial charge in [-0.15, -0.1) is 0 Å². The van der Waals surface area contributed by atoms with Crippen LogP contribution in [0.2, 0.25) is 0 Å². The summed E-state index contributed by atoms with van der Waals surface area (Å²) < 4.78 is 0. The standard InChI is InChI=1S/2C15H29NO3.Hg/c2*1-3-4-5-6-7-8-9-10-11-12-14(17)16(2)13-15(18)19;/h2*3-13H2,1-2H3,(H,18,19);/q;;+2/p-2. The summed E-state index contributed by atoms with van der Waals surface area (Å²) in [5, 5.41) is 20.7. The van der Waals surface area contributed by atoms with Gasteiger partial charge in [0, 0.05) is 26.9 Å². The Balaban J connectivity index is -0.000000648. The number of likely N-dealkylation sites (N-methyl/N-ethyl adjacent to an activating group) is 2. The van der Waals surface area contributed by atoms with Gasteiger partial charge < -0.3 is 29.6 Å². The van der Waals surface area contributed by atoms with E-state index in [1.165, 1.54) is 114 Å². The molecule has 0 unspecified atom stereocenters. The summed E-state index contributed by atoms with van der Waals surface area (Å²) in [5.74, 6) is -2.62. The molecule has 8 nitrogen and oxygen atoms in total. The van der Waals surface area contributed by atoms with Crippen LogP contribution in [0.4, 0.5) is 0 Å². The third kappa shape index (κ3) is 32.9. The maximum Gasteiger partial charge on any atom is 2.00 e. The maximum absolute atomic E-state index is 11.5. The van der Waals surface area contributed by atoms with E-state index in [9.17, 15) is 29.4 Å². The molecule has 0 aromatic carbocycles. The Labute approximate surface area is 259 Å². The normalized spacial score (nSPS) is 10.2. The van der Waals surface area contributed by atoms with Crippen LogP contribution in [0.1, 0.15) is 142 Å². The van der Waals surface area contributed by atoms with Gasteiger partial charge in [0.25, 0.3) is 0 Å². The molecule has 224 valence electrons. The van der Waals surface area contributed by atoms with Gasteiger partial charge >= 0.3 is 27.7 Å². The number of carboxylic acid groups (broad SMARTS) is 2. The molecule has 0 aliphatic heterocycles. The third-order valence-corrected chi connectivity index (χ3v) is 6.57. The van der Waals surface area contributed by atoms with E-state index in [-0.39, 0.29) is 52.6 Å². The summed E-state index contributed by atoms with van der Waals surface area (Å²) >= 11 is 0. The van der Waals surface area contributed by atoms with Gasteiger partial charge in [-0.05, 0) is 12.8 Å². The minimum absolute atomic E-state index is 0. The molecule has 0 aliphatic carbocycles. The van der Waals surface area contributed by atoms with Crippen LogP contribution in [0, 0.1) is 0 Å². The number of amides is 2. The van der Waals surface area contributed by atoms with E-state index in [0.717, 1.165) is 25.7 Å². The fraction of sp³-hybridized carbons (Fsp3) is 0.867. The first-order valence-corrected chi connectivity index (χ1v) is 15.0. The van der Waals surface area contributed by atoms with Crippen LogP contribution in [-0.2, 0) is 46.8 Å². The number of nitrogens with zero attached hydrogens (tertiary/aromatic N) is 2. The molecule has 0 aromatic rings. The van der Waals surface area contributed by atoms with E-state index in [2.05, 4.69) is 13.8 Å². The summed E-state index contributed by atoms with van der Waals surface area (Å²) in [7, 11) is 3.01. The van der Waals surface area contributed by atoms with Crippen LogP contribution < -0.4 is 10.2 Å². The predicted molar refractivity (Wildman–Crippen MR) is 149 cm³/mol. The second-order valence-corrected chi connectivity index (χ2v) is 10.4. The second-order valence-electron chi connectivity index (χ2n) is 10.4. The molecule has 0 rings (SSSR count). The molecule has 39 heavy (non-hydrogen) atoms. The summed E-state index contributed by atoms with van der Waals surface area (Å²) in [4.78, 5) is 46.2. The Hall–Kier alpha value is -1.18. The summed E-state index contributed by atoms with van der Waals surface area (Å²) in [6, 6.07) is 0. The van der Waals surface area contributed by atoms with Gasteiger partial charge in [0.1, 0.15) is 0 Å². The van der Waals surface area contributed by atoms with Crippen LogP contribution in [-0.4, -0.2) is 60.7 Å². The zero-order chi connectivity index (χ0) is 29.0. The van der Waals surface area contributed by atoms with Crippen LogP contribution >= 0.6 is 0 Å². The van der Waals surface area contributed by atoms with Crippen molar-refractivity contribution in [2.45, 2.75) is 142 Å². The molecular weight excluding hydrogens is 685 g/mol. The zero-order valence-corrected chi connectivity index (χ0v) is 31.1. The molecule has 0 heterocycles. The Kier molecular flexibility index (Phi) is 34.0.